The van der Waals surface area contributed by atoms with Crippen LogP contribution in [-0.4, -0.2) is 12.0 Å². The summed E-state index contributed by atoms with van der Waals surface area (Å²) >= 11 is 0. The Kier molecular flexibility index (Phi) is 5.80. The maximum atomic E-state index is 12.3. The molecule has 2 aromatic rings. The molecule has 0 heterocycles. The third-order valence-corrected chi connectivity index (χ3v) is 4.01. The van der Waals surface area contributed by atoms with E-state index in [1.54, 1.807) is 6.92 Å². The number of benzene rings is 2. The molecule has 3 heteroatoms. The molecule has 0 bridgehead atoms. The first-order valence-corrected chi connectivity index (χ1v) is 8.12. The number of hydrogen-bond donors (Lipinski definition) is 1. The molecule has 23 heavy (non-hydrogen) atoms. The summed E-state index contributed by atoms with van der Waals surface area (Å²) in [6.45, 7) is 7.86. The Bertz CT molecular complexity index is 649. The number of carbonyl (C=O) groups excluding carboxylic acids is 1. The van der Waals surface area contributed by atoms with E-state index >= 15 is 0 Å². The average Bonchev–Trinajstić information content (AvgIpc) is 2.56. The number of para-hydroxylation sites is 1. The Morgan fingerprint density at radius 2 is 1.74 bits per heavy atom. The highest BCUT2D eigenvalue weighted by Gasteiger charge is 2.18. The van der Waals surface area contributed by atoms with Crippen LogP contribution in [0, 0.1) is 6.92 Å². The van der Waals surface area contributed by atoms with Gasteiger partial charge in [0.2, 0.25) is 0 Å². The van der Waals surface area contributed by atoms with Crippen LogP contribution in [0.25, 0.3) is 0 Å². The minimum Gasteiger partial charge on any atom is -0.481 e. The molecule has 0 fully saturated rings. The van der Waals surface area contributed by atoms with E-state index in [-0.39, 0.29) is 11.9 Å². The molecule has 0 aliphatic heterocycles. The summed E-state index contributed by atoms with van der Waals surface area (Å²) in [4.78, 5) is 12.3. The fourth-order valence-corrected chi connectivity index (χ4v) is 2.39. The molecule has 3 nitrogen and oxygen atoms in total. The van der Waals surface area contributed by atoms with Crippen molar-refractivity contribution in [3.63, 3.8) is 0 Å². The van der Waals surface area contributed by atoms with Crippen LogP contribution < -0.4 is 10.1 Å². The molecule has 1 N–H and O–H groups in total. The quantitative estimate of drug-likeness (QED) is 0.868. The molecule has 122 valence electrons. The van der Waals surface area contributed by atoms with E-state index in [1.807, 2.05) is 38.1 Å². The summed E-state index contributed by atoms with van der Waals surface area (Å²) in [7, 11) is 0. The lowest BCUT2D eigenvalue weighted by atomic mass is 10.0. The number of aryl methyl sites for hydroxylation is 2. The zero-order valence-corrected chi connectivity index (χ0v) is 14.3. The molecule has 0 spiro atoms. The highest BCUT2D eigenvalue weighted by molar-refractivity contribution is 5.81. The maximum absolute atomic E-state index is 12.3. The van der Waals surface area contributed by atoms with Crippen LogP contribution in [0.3, 0.4) is 0 Å². The summed E-state index contributed by atoms with van der Waals surface area (Å²) < 4.78 is 5.77. The maximum Gasteiger partial charge on any atom is 0.261 e. The fourth-order valence-electron chi connectivity index (χ4n) is 2.39. The molecule has 0 aliphatic rings. The van der Waals surface area contributed by atoms with Crippen LogP contribution in [0.1, 0.15) is 43.5 Å². The fraction of sp³-hybridized carbons (Fsp3) is 0.350. The van der Waals surface area contributed by atoms with Crippen LogP contribution in [0.5, 0.6) is 5.75 Å². The molecule has 0 saturated heterocycles. The van der Waals surface area contributed by atoms with E-state index in [0.29, 0.717) is 0 Å². The Labute approximate surface area is 138 Å². The third-order valence-electron chi connectivity index (χ3n) is 4.01. The second-order valence-electron chi connectivity index (χ2n) is 5.85. The number of ether oxygens (including phenoxy) is 1. The number of hydrogen-bond acceptors (Lipinski definition) is 2. The Morgan fingerprint density at radius 3 is 2.35 bits per heavy atom. The summed E-state index contributed by atoms with van der Waals surface area (Å²) in [5, 5.41) is 3.01. The molecule has 0 unspecified atom stereocenters. The summed E-state index contributed by atoms with van der Waals surface area (Å²) in [5.41, 5.74) is 3.41. The molecule has 0 saturated carbocycles. The standard InChI is InChI=1S/C20H25NO2/c1-5-17-10-12-18(13-11-17)15(3)21-20(22)16(4)23-19-9-7-6-8-14(19)2/h6-13,15-16H,5H2,1-4H3,(H,21,22)/t15-,16-/m1/s1. The zero-order chi connectivity index (χ0) is 16.8. The highest BCUT2D eigenvalue weighted by Crippen LogP contribution is 2.19. The van der Waals surface area contributed by atoms with E-state index in [2.05, 4.69) is 36.5 Å². The van der Waals surface area contributed by atoms with Crippen LogP contribution in [0.2, 0.25) is 0 Å². The van der Waals surface area contributed by atoms with E-state index in [1.165, 1.54) is 5.56 Å². The number of rotatable bonds is 6. The SMILES string of the molecule is CCc1ccc([C@@H](C)NC(=O)[C@@H](C)Oc2ccccc2C)cc1. The van der Waals surface area contributed by atoms with Crippen molar-refractivity contribution < 1.29 is 9.53 Å². The van der Waals surface area contributed by atoms with Gasteiger partial charge in [-0.3, -0.25) is 4.79 Å². The van der Waals surface area contributed by atoms with Crippen LogP contribution in [0.15, 0.2) is 48.5 Å². The predicted molar refractivity (Wildman–Crippen MR) is 93.6 cm³/mol. The van der Waals surface area contributed by atoms with Gasteiger partial charge in [-0.1, -0.05) is 49.4 Å². The lowest BCUT2D eigenvalue weighted by Crippen LogP contribution is -2.37. The van der Waals surface area contributed by atoms with Gasteiger partial charge in [0.25, 0.3) is 5.91 Å². The van der Waals surface area contributed by atoms with Crippen LogP contribution in [0.4, 0.5) is 0 Å². The van der Waals surface area contributed by atoms with Gasteiger partial charge in [0.15, 0.2) is 6.10 Å². The molecule has 0 aliphatic carbocycles. The largest absolute Gasteiger partial charge is 0.481 e. The second kappa shape index (κ2) is 7.82. The topological polar surface area (TPSA) is 38.3 Å². The molecular weight excluding hydrogens is 286 g/mol. The Hall–Kier alpha value is -2.29. The van der Waals surface area contributed by atoms with Gasteiger partial charge in [0.1, 0.15) is 5.75 Å². The highest BCUT2D eigenvalue weighted by atomic mass is 16.5. The lowest BCUT2D eigenvalue weighted by Gasteiger charge is -2.20. The molecule has 2 aromatic carbocycles. The van der Waals surface area contributed by atoms with Crippen molar-refractivity contribution in [2.75, 3.05) is 0 Å². The lowest BCUT2D eigenvalue weighted by molar-refractivity contribution is -0.127. The van der Waals surface area contributed by atoms with Gasteiger partial charge in [-0.05, 0) is 49.9 Å². The second-order valence-corrected chi connectivity index (χ2v) is 5.85. The van der Waals surface area contributed by atoms with Crippen molar-refractivity contribution in [2.45, 2.75) is 46.3 Å². The third kappa shape index (κ3) is 4.59. The van der Waals surface area contributed by atoms with Crippen molar-refractivity contribution in [3.05, 3.63) is 65.2 Å². The summed E-state index contributed by atoms with van der Waals surface area (Å²) in [6.07, 6.45) is 0.482. The van der Waals surface area contributed by atoms with Crippen LogP contribution >= 0.6 is 0 Å². The van der Waals surface area contributed by atoms with Crippen molar-refractivity contribution in [2.24, 2.45) is 0 Å². The van der Waals surface area contributed by atoms with E-state index < -0.39 is 6.10 Å². The smallest absolute Gasteiger partial charge is 0.261 e. The van der Waals surface area contributed by atoms with Crippen molar-refractivity contribution in [3.8, 4) is 5.75 Å². The van der Waals surface area contributed by atoms with E-state index in [9.17, 15) is 4.79 Å². The minimum absolute atomic E-state index is 0.0451. The molecule has 1 amide bonds. The first-order chi connectivity index (χ1) is 11.0. The first kappa shape index (κ1) is 17.1. The van der Waals surface area contributed by atoms with Gasteiger partial charge in [-0.25, -0.2) is 0 Å². The van der Waals surface area contributed by atoms with Crippen molar-refractivity contribution in [1.82, 2.24) is 5.32 Å². The molecule has 0 aromatic heterocycles. The van der Waals surface area contributed by atoms with Gasteiger partial charge in [-0.2, -0.15) is 0 Å². The molecular formula is C20H25NO2. The zero-order valence-electron chi connectivity index (χ0n) is 14.3. The normalized spacial score (nSPS) is 13.2. The van der Waals surface area contributed by atoms with Crippen LogP contribution in [-0.2, 0) is 11.2 Å². The molecule has 2 atom stereocenters. The van der Waals surface area contributed by atoms with Crippen molar-refractivity contribution in [1.29, 1.82) is 0 Å². The van der Waals surface area contributed by atoms with E-state index in [0.717, 1.165) is 23.3 Å². The minimum atomic E-state index is -0.534. The van der Waals surface area contributed by atoms with Gasteiger partial charge in [0, 0.05) is 0 Å². The van der Waals surface area contributed by atoms with Gasteiger partial charge in [-0.15, -0.1) is 0 Å². The Morgan fingerprint density at radius 1 is 1.09 bits per heavy atom. The summed E-state index contributed by atoms with van der Waals surface area (Å²) in [6, 6.07) is 16.0. The predicted octanol–water partition coefficient (Wildman–Crippen LogP) is 4.20. The number of carbonyl (C=O) groups is 1. The Balaban J connectivity index is 1.95. The first-order valence-electron chi connectivity index (χ1n) is 8.12. The van der Waals surface area contributed by atoms with E-state index in [4.69, 9.17) is 4.74 Å². The van der Waals surface area contributed by atoms with Gasteiger partial charge < -0.3 is 10.1 Å². The van der Waals surface area contributed by atoms with Gasteiger partial charge in [0.05, 0.1) is 6.04 Å². The average molecular weight is 311 g/mol. The van der Waals surface area contributed by atoms with Gasteiger partial charge >= 0.3 is 0 Å². The molecule has 2 rings (SSSR count). The number of amides is 1. The number of nitrogens with one attached hydrogen (secondary N) is 1. The van der Waals surface area contributed by atoms with Crippen molar-refractivity contribution >= 4 is 5.91 Å². The molecule has 0 radical (unpaired) electrons. The monoisotopic (exact) mass is 311 g/mol. The summed E-state index contributed by atoms with van der Waals surface area (Å²) in [5.74, 6) is 0.635.